The van der Waals surface area contributed by atoms with Crippen LogP contribution in [-0.2, 0) is 11.3 Å². The van der Waals surface area contributed by atoms with Gasteiger partial charge in [-0.25, -0.2) is 0 Å². The van der Waals surface area contributed by atoms with Gasteiger partial charge in [0.1, 0.15) is 11.5 Å². The lowest BCUT2D eigenvalue weighted by Gasteiger charge is -2.26. The van der Waals surface area contributed by atoms with Crippen LogP contribution < -0.4 is 10.5 Å². The monoisotopic (exact) mass is 324 g/mol. The van der Waals surface area contributed by atoms with E-state index in [-0.39, 0.29) is 6.04 Å². The van der Waals surface area contributed by atoms with Gasteiger partial charge in [0.2, 0.25) is 0 Å². The summed E-state index contributed by atoms with van der Waals surface area (Å²) in [7, 11) is 0. The van der Waals surface area contributed by atoms with Crippen LogP contribution in [0, 0.1) is 0 Å². The van der Waals surface area contributed by atoms with E-state index in [2.05, 4.69) is 23.1 Å². The molecule has 0 saturated carbocycles. The Bertz CT molecular complexity index is 683. The van der Waals surface area contributed by atoms with Crippen LogP contribution in [0.15, 0.2) is 48.5 Å². The van der Waals surface area contributed by atoms with Crippen LogP contribution in [0.4, 0.5) is 0 Å². The minimum Gasteiger partial charge on any atom is -0.457 e. The average Bonchev–Trinajstić information content (AvgIpc) is 3.23. The molecule has 2 unspecified atom stereocenters. The molecule has 126 valence electrons. The third-order valence-corrected chi connectivity index (χ3v) is 4.95. The quantitative estimate of drug-likeness (QED) is 0.915. The number of nitrogens with zero attached hydrogens (tertiary/aromatic N) is 1. The van der Waals surface area contributed by atoms with Crippen molar-refractivity contribution in [3.8, 4) is 11.5 Å². The molecule has 2 aromatic rings. The smallest absolute Gasteiger partial charge is 0.127 e. The van der Waals surface area contributed by atoms with Crippen molar-refractivity contribution < 1.29 is 9.47 Å². The van der Waals surface area contributed by atoms with Crippen LogP contribution in [0.5, 0.6) is 11.5 Å². The molecule has 2 N–H and O–H groups in total. The third-order valence-electron chi connectivity index (χ3n) is 4.95. The Labute approximate surface area is 143 Å². The van der Waals surface area contributed by atoms with Gasteiger partial charge in [0, 0.05) is 32.3 Å². The van der Waals surface area contributed by atoms with Crippen LogP contribution in [-0.4, -0.2) is 30.7 Å². The van der Waals surface area contributed by atoms with E-state index in [0.717, 1.165) is 37.6 Å². The maximum absolute atomic E-state index is 6.09. The highest BCUT2D eigenvalue weighted by atomic mass is 16.5. The largest absolute Gasteiger partial charge is 0.457 e. The molecular weight excluding hydrogens is 300 g/mol. The number of hydrogen-bond donors (Lipinski definition) is 1. The van der Waals surface area contributed by atoms with Crippen molar-refractivity contribution in [1.29, 1.82) is 0 Å². The Morgan fingerprint density at radius 3 is 2.75 bits per heavy atom. The molecule has 0 radical (unpaired) electrons. The van der Waals surface area contributed by atoms with Crippen molar-refractivity contribution in [2.75, 3.05) is 19.7 Å². The van der Waals surface area contributed by atoms with Crippen LogP contribution in [0.25, 0.3) is 0 Å². The molecule has 2 atom stereocenters. The molecule has 0 bridgehead atoms. The molecule has 0 aliphatic carbocycles. The van der Waals surface area contributed by atoms with Crippen molar-refractivity contribution in [3.63, 3.8) is 0 Å². The maximum Gasteiger partial charge on any atom is 0.127 e. The van der Waals surface area contributed by atoms with E-state index < -0.39 is 0 Å². The fourth-order valence-electron chi connectivity index (χ4n) is 3.76. The van der Waals surface area contributed by atoms with E-state index in [1.807, 2.05) is 30.3 Å². The fraction of sp³-hybridized carbons (Fsp3) is 0.400. The number of ether oxygens (including phenoxy) is 2. The first-order valence-corrected chi connectivity index (χ1v) is 8.75. The summed E-state index contributed by atoms with van der Waals surface area (Å²) >= 11 is 0. The van der Waals surface area contributed by atoms with Crippen molar-refractivity contribution in [2.45, 2.75) is 31.5 Å². The highest BCUT2D eigenvalue weighted by Gasteiger charge is 2.32. The van der Waals surface area contributed by atoms with Crippen LogP contribution in [0.3, 0.4) is 0 Å². The SMILES string of the molecule is NCC1c2cc(Oc3ccccc3)ccc2CN1CC1CCCO1. The summed E-state index contributed by atoms with van der Waals surface area (Å²) in [6, 6.07) is 16.5. The first kappa shape index (κ1) is 15.6. The second-order valence-electron chi connectivity index (χ2n) is 6.59. The number of para-hydroxylation sites is 1. The number of fused-ring (bicyclic) bond motifs is 1. The van der Waals surface area contributed by atoms with Crippen molar-refractivity contribution in [1.82, 2.24) is 4.90 Å². The lowest BCUT2D eigenvalue weighted by atomic mass is 10.0. The molecule has 4 heteroatoms. The average molecular weight is 324 g/mol. The zero-order valence-electron chi connectivity index (χ0n) is 13.9. The van der Waals surface area contributed by atoms with Gasteiger partial charge in [-0.15, -0.1) is 0 Å². The third kappa shape index (κ3) is 3.18. The lowest BCUT2D eigenvalue weighted by molar-refractivity contribution is 0.0609. The van der Waals surface area contributed by atoms with Gasteiger partial charge in [0.15, 0.2) is 0 Å². The van der Waals surface area contributed by atoms with Gasteiger partial charge in [-0.1, -0.05) is 24.3 Å². The number of hydrogen-bond acceptors (Lipinski definition) is 4. The maximum atomic E-state index is 6.09. The molecule has 2 aliphatic rings. The van der Waals surface area contributed by atoms with Gasteiger partial charge in [0.25, 0.3) is 0 Å². The first-order chi connectivity index (χ1) is 11.8. The Morgan fingerprint density at radius 2 is 2.00 bits per heavy atom. The standard InChI is InChI=1S/C20H24N2O2/c21-12-20-19-11-17(24-16-5-2-1-3-6-16)9-8-15(19)13-22(20)14-18-7-4-10-23-18/h1-3,5-6,8-9,11,18,20H,4,7,10,12-14,21H2. The van der Waals surface area contributed by atoms with E-state index in [4.69, 9.17) is 15.2 Å². The summed E-state index contributed by atoms with van der Waals surface area (Å²) < 4.78 is 11.8. The van der Waals surface area contributed by atoms with Gasteiger partial charge in [-0.05, 0) is 48.2 Å². The summed E-state index contributed by atoms with van der Waals surface area (Å²) in [4.78, 5) is 2.45. The van der Waals surface area contributed by atoms with Crippen molar-refractivity contribution in [3.05, 3.63) is 59.7 Å². The Kier molecular flexibility index (Phi) is 4.52. The van der Waals surface area contributed by atoms with Crippen LogP contribution in [0.2, 0.25) is 0 Å². The Balaban J connectivity index is 1.52. The van der Waals surface area contributed by atoms with Gasteiger partial charge >= 0.3 is 0 Å². The summed E-state index contributed by atoms with van der Waals surface area (Å²) in [5.74, 6) is 1.73. The zero-order valence-corrected chi connectivity index (χ0v) is 13.9. The zero-order chi connectivity index (χ0) is 16.4. The highest BCUT2D eigenvalue weighted by molar-refractivity contribution is 5.42. The Morgan fingerprint density at radius 1 is 1.12 bits per heavy atom. The van der Waals surface area contributed by atoms with Gasteiger partial charge < -0.3 is 15.2 Å². The normalized spacial score (nSPS) is 23.4. The van der Waals surface area contributed by atoms with E-state index >= 15 is 0 Å². The number of benzene rings is 2. The molecule has 1 fully saturated rings. The van der Waals surface area contributed by atoms with Crippen LogP contribution >= 0.6 is 0 Å². The van der Waals surface area contributed by atoms with E-state index in [1.54, 1.807) is 0 Å². The number of nitrogens with two attached hydrogens (primary N) is 1. The molecule has 1 saturated heterocycles. The predicted molar refractivity (Wildman–Crippen MR) is 94.1 cm³/mol. The second-order valence-corrected chi connectivity index (χ2v) is 6.59. The Hall–Kier alpha value is -1.88. The second kappa shape index (κ2) is 6.93. The molecule has 2 aromatic carbocycles. The minimum atomic E-state index is 0.253. The summed E-state index contributed by atoms with van der Waals surface area (Å²) in [6.07, 6.45) is 2.69. The molecule has 0 amide bonds. The molecule has 2 aliphatic heterocycles. The van der Waals surface area contributed by atoms with E-state index in [9.17, 15) is 0 Å². The summed E-state index contributed by atoms with van der Waals surface area (Å²) in [6.45, 7) is 3.43. The molecule has 4 nitrogen and oxygen atoms in total. The first-order valence-electron chi connectivity index (χ1n) is 8.75. The van der Waals surface area contributed by atoms with Gasteiger partial charge in [-0.2, -0.15) is 0 Å². The summed E-state index contributed by atoms with van der Waals surface area (Å²) in [5.41, 5.74) is 8.74. The summed E-state index contributed by atoms with van der Waals surface area (Å²) in [5, 5.41) is 0. The lowest BCUT2D eigenvalue weighted by Crippen LogP contribution is -2.34. The van der Waals surface area contributed by atoms with E-state index in [0.29, 0.717) is 12.6 Å². The minimum absolute atomic E-state index is 0.253. The molecule has 24 heavy (non-hydrogen) atoms. The topological polar surface area (TPSA) is 47.7 Å². The van der Waals surface area contributed by atoms with Crippen molar-refractivity contribution in [2.24, 2.45) is 5.73 Å². The highest BCUT2D eigenvalue weighted by Crippen LogP contribution is 2.37. The number of rotatable bonds is 5. The van der Waals surface area contributed by atoms with Crippen LogP contribution in [0.1, 0.15) is 30.0 Å². The molecular formula is C20H24N2O2. The molecule has 0 spiro atoms. The molecule has 4 rings (SSSR count). The molecule has 0 aromatic heterocycles. The fourth-order valence-corrected chi connectivity index (χ4v) is 3.76. The van der Waals surface area contributed by atoms with E-state index in [1.165, 1.54) is 17.5 Å². The van der Waals surface area contributed by atoms with Gasteiger partial charge in [-0.3, -0.25) is 4.90 Å². The van der Waals surface area contributed by atoms with Gasteiger partial charge in [0.05, 0.1) is 6.10 Å². The predicted octanol–water partition coefficient (Wildman–Crippen LogP) is 3.47. The van der Waals surface area contributed by atoms with Crippen molar-refractivity contribution >= 4 is 0 Å². The molecule has 2 heterocycles.